The predicted molar refractivity (Wildman–Crippen MR) is 63.7 cm³/mol. The number of hydrogen-bond donors (Lipinski definition) is 1. The summed E-state index contributed by atoms with van der Waals surface area (Å²) in [4.78, 5) is 5.47. The summed E-state index contributed by atoms with van der Waals surface area (Å²) in [5.41, 5.74) is 4.23. The Bertz CT molecular complexity index is 276. The molecule has 0 radical (unpaired) electrons. The Morgan fingerprint density at radius 3 is 2.33 bits per heavy atom. The SMILES string of the molecule is CC(CNOC(C)(C)C)c1ccccc1. The zero-order valence-corrected chi connectivity index (χ0v) is 10.1. The van der Waals surface area contributed by atoms with E-state index in [0.717, 1.165) is 6.54 Å². The van der Waals surface area contributed by atoms with Crippen LogP contribution >= 0.6 is 0 Å². The van der Waals surface area contributed by atoms with E-state index < -0.39 is 0 Å². The lowest BCUT2D eigenvalue weighted by molar-refractivity contribution is -0.0736. The molecule has 0 spiro atoms. The first-order valence-corrected chi connectivity index (χ1v) is 5.45. The molecular formula is C13H21NO. The third-order valence-electron chi connectivity index (χ3n) is 2.14. The smallest absolute Gasteiger partial charge is 0.0812 e. The van der Waals surface area contributed by atoms with Crippen molar-refractivity contribution in [2.75, 3.05) is 6.54 Å². The van der Waals surface area contributed by atoms with Crippen LogP contribution in [0.3, 0.4) is 0 Å². The molecule has 1 atom stereocenters. The molecule has 1 rings (SSSR count). The van der Waals surface area contributed by atoms with Crippen molar-refractivity contribution >= 4 is 0 Å². The van der Waals surface area contributed by atoms with Gasteiger partial charge in [0.25, 0.3) is 0 Å². The molecule has 0 aliphatic rings. The van der Waals surface area contributed by atoms with E-state index in [-0.39, 0.29) is 5.60 Å². The van der Waals surface area contributed by atoms with Gasteiger partial charge < -0.3 is 0 Å². The highest BCUT2D eigenvalue weighted by Crippen LogP contribution is 2.13. The average molecular weight is 207 g/mol. The number of hydrogen-bond acceptors (Lipinski definition) is 2. The second kappa shape index (κ2) is 5.29. The highest BCUT2D eigenvalue weighted by atomic mass is 16.7. The summed E-state index contributed by atoms with van der Waals surface area (Å²) in [5, 5.41) is 0. The van der Waals surface area contributed by atoms with Gasteiger partial charge in [0.1, 0.15) is 0 Å². The van der Waals surface area contributed by atoms with E-state index in [1.54, 1.807) is 0 Å². The summed E-state index contributed by atoms with van der Waals surface area (Å²) in [6.07, 6.45) is 0. The average Bonchev–Trinajstić information content (AvgIpc) is 2.17. The van der Waals surface area contributed by atoms with Crippen LogP contribution < -0.4 is 5.48 Å². The van der Waals surface area contributed by atoms with E-state index in [4.69, 9.17) is 4.84 Å². The molecule has 2 heteroatoms. The Hall–Kier alpha value is -0.860. The number of hydroxylamine groups is 1. The maximum Gasteiger partial charge on any atom is 0.0812 e. The first-order chi connectivity index (χ1) is 6.99. The molecule has 15 heavy (non-hydrogen) atoms. The van der Waals surface area contributed by atoms with Crippen LogP contribution in [0.15, 0.2) is 30.3 Å². The van der Waals surface area contributed by atoms with Crippen molar-refractivity contribution in [1.29, 1.82) is 0 Å². The molecule has 0 aliphatic heterocycles. The lowest BCUT2D eigenvalue weighted by Crippen LogP contribution is -2.31. The molecule has 0 aliphatic carbocycles. The number of rotatable bonds is 4. The molecule has 2 nitrogen and oxygen atoms in total. The number of benzene rings is 1. The van der Waals surface area contributed by atoms with Gasteiger partial charge in [-0.3, -0.25) is 4.84 Å². The maximum atomic E-state index is 5.47. The van der Waals surface area contributed by atoms with E-state index >= 15 is 0 Å². The van der Waals surface area contributed by atoms with Crippen LogP contribution in [0.2, 0.25) is 0 Å². The van der Waals surface area contributed by atoms with Crippen LogP contribution in [0.1, 0.15) is 39.2 Å². The summed E-state index contributed by atoms with van der Waals surface area (Å²) < 4.78 is 0. The van der Waals surface area contributed by atoms with Crippen LogP contribution in [-0.2, 0) is 4.84 Å². The second-order valence-electron chi connectivity index (χ2n) is 4.87. The van der Waals surface area contributed by atoms with E-state index in [1.165, 1.54) is 5.56 Å². The maximum absolute atomic E-state index is 5.47. The lowest BCUT2D eigenvalue weighted by atomic mass is 10.0. The Balaban J connectivity index is 2.34. The molecular weight excluding hydrogens is 186 g/mol. The fraction of sp³-hybridized carbons (Fsp3) is 0.538. The Kier molecular flexibility index (Phi) is 4.30. The monoisotopic (exact) mass is 207 g/mol. The molecule has 1 unspecified atom stereocenters. The fourth-order valence-electron chi connectivity index (χ4n) is 1.28. The van der Waals surface area contributed by atoms with Gasteiger partial charge >= 0.3 is 0 Å². The van der Waals surface area contributed by atoms with Crippen LogP contribution in [0.5, 0.6) is 0 Å². The van der Waals surface area contributed by atoms with E-state index in [2.05, 4.69) is 36.7 Å². The third kappa shape index (κ3) is 4.96. The minimum atomic E-state index is -0.129. The molecule has 0 saturated carbocycles. The van der Waals surface area contributed by atoms with Crippen molar-refractivity contribution in [2.24, 2.45) is 0 Å². The van der Waals surface area contributed by atoms with Crippen molar-refractivity contribution < 1.29 is 4.84 Å². The normalized spacial score (nSPS) is 13.9. The van der Waals surface area contributed by atoms with E-state index in [9.17, 15) is 0 Å². The van der Waals surface area contributed by atoms with Gasteiger partial charge in [-0.25, -0.2) is 5.48 Å². The van der Waals surface area contributed by atoms with Gasteiger partial charge in [-0.1, -0.05) is 37.3 Å². The van der Waals surface area contributed by atoms with Crippen molar-refractivity contribution in [2.45, 2.75) is 39.2 Å². The standard InChI is InChI=1S/C13H21NO/c1-11(10-14-15-13(2,3)4)12-8-6-5-7-9-12/h5-9,11,14H,10H2,1-4H3. The molecule has 1 aromatic carbocycles. The highest BCUT2D eigenvalue weighted by molar-refractivity contribution is 5.18. The molecule has 0 aromatic heterocycles. The van der Waals surface area contributed by atoms with Crippen molar-refractivity contribution in [3.63, 3.8) is 0 Å². The largest absolute Gasteiger partial charge is 0.296 e. The van der Waals surface area contributed by atoms with Crippen molar-refractivity contribution in [3.8, 4) is 0 Å². The molecule has 0 bridgehead atoms. The van der Waals surface area contributed by atoms with Gasteiger partial charge in [0.05, 0.1) is 5.60 Å². The van der Waals surface area contributed by atoms with Crippen LogP contribution in [0, 0.1) is 0 Å². The minimum absolute atomic E-state index is 0.129. The Morgan fingerprint density at radius 1 is 1.20 bits per heavy atom. The molecule has 0 saturated heterocycles. The molecule has 1 N–H and O–H groups in total. The first kappa shape index (κ1) is 12.2. The Morgan fingerprint density at radius 2 is 1.80 bits per heavy atom. The zero-order chi connectivity index (χ0) is 11.3. The lowest BCUT2D eigenvalue weighted by Gasteiger charge is -2.21. The fourth-order valence-corrected chi connectivity index (χ4v) is 1.28. The summed E-state index contributed by atoms with van der Waals surface area (Å²) in [6, 6.07) is 10.5. The van der Waals surface area contributed by atoms with Crippen LogP contribution in [0.4, 0.5) is 0 Å². The van der Waals surface area contributed by atoms with Gasteiger partial charge in [-0.05, 0) is 32.3 Å². The molecule has 0 amide bonds. The summed E-state index contributed by atoms with van der Waals surface area (Å²) in [6.45, 7) is 9.13. The van der Waals surface area contributed by atoms with Gasteiger partial charge in [0.15, 0.2) is 0 Å². The number of nitrogens with one attached hydrogen (secondary N) is 1. The van der Waals surface area contributed by atoms with Gasteiger partial charge in [-0.2, -0.15) is 0 Å². The van der Waals surface area contributed by atoms with Gasteiger partial charge in [-0.15, -0.1) is 0 Å². The summed E-state index contributed by atoms with van der Waals surface area (Å²) in [7, 11) is 0. The van der Waals surface area contributed by atoms with Crippen LogP contribution in [0.25, 0.3) is 0 Å². The van der Waals surface area contributed by atoms with Crippen LogP contribution in [-0.4, -0.2) is 12.1 Å². The predicted octanol–water partition coefficient (Wildman–Crippen LogP) is 3.11. The van der Waals surface area contributed by atoms with Gasteiger partial charge in [0, 0.05) is 6.54 Å². The second-order valence-corrected chi connectivity index (χ2v) is 4.87. The van der Waals surface area contributed by atoms with Crippen molar-refractivity contribution in [1.82, 2.24) is 5.48 Å². The summed E-state index contributed by atoms with van der Waals surface area (Å²) in [5.74, 6) is 0.466. The zero-order valence-electron chi connectivity index (χ0n) is 10.1. The van der Waals surface area contributed by atoms with E-state index in [1.807, 2.05) is 26.8 Å². The van der Waals surface area contributed by atoms with Crippen molar-refractivity contribution in [3.05, 3.63) is 35.9 Å². The minimum Gasteiger partial charge on any atom is -0.296 e. The topological polar surface area (TPSA) is 21.3 Å². The third-order valence-corrected chi connectivity index (χ3v) is 2.14. The molecule has 84 valence electrons. The molecule has 0 heterocycles. The van der Waals surface area contributed by atoms with E-state index in [0.29, 0.717) is 5.92 Å². The highest BCUT2D eigenvalue weighted by Gasteiger charge is 2.11. The first-order valence-electron chi connectivity index (χ1n) is 5.45. The summed E-state index contributed by atoms with van der Waals surface area (Å²) >= 11 is 0. The molecule has 1 aromatic rings. The Labute approximate surface area is 92.6 Å². The molecule has 0 fully saturated rings. The van der Waals surface area contributed by atoms with Gasteiger partial charge in [0.2, 0.25) is 0 Å². The quantitative estimate of drug-likeness (QED) is 0.766.